The summed E-state index contributed by atoms with van der Waals surface area (Å²) in [4.78, 5) is 11.7. The van der Waals surface area contributed by atoms with E-state index >= 15 is 0 Å². The average Bonchev–Trinajstić information content (AvgIpc) is 2.72. The first kappa shape index (κ1) is 12.1. The SMILES string of the molecule is Cn1ccc(CNC(=O)c2ccc(O)cc2F)n1. The van der Waals surface area contributed by atoms with Gasteiger partial charge in [0.1, 0.15) is 11.6 Å². The lowest BCUT2D eigenvalue weighted by atomic mass is 10.2. The van der Waals surface area contributed by atoms with E-state index in [9.17, 15) is 9.18 Å². The van der Waals surface area contributed by atoms with Crippen LogP contribution in [0.4, 0.5) is 4.39 Å². The van der Waals surface area contributed by atoms with Crippen molar-refractivity contribution in [1.82, 2.24) is 15.1 Å². The molecule has 1 amide bonds. The van der Waals surface area contributed by atoms with Gasteiger partial charge in [-0.15, -0.1) is 0 Å². The fraction of sp³-hybridized carbons (Fsp3) is 0.167. The highest BCUT2D eigenvalue weighted by molar-refractivity contribution is 5.94. The zero-order valence-corrected chi connectivity index (χ0v) is 9.72. The number of benzene rings is 1. The highest BCUT2D eigenvalue weighted by atomic mass is 19.1. The lowest BCUT2D eigenvalue weighted by molar-refractivity contribution is 0.0946. The van der Waals surface area contributed by atoms with Crippen LogP contribution >= 0.6 is 0 Å². The van der Waals surface area contributed by atoms with Crippen LogP contribution in [0.3, 0.4) is 0 Å². The molecule has 2 rings (SSSR count). The van der Waals surface area contributed by atoms with Crippen LogP contribution in [0.5, 0.6) is 5.75 Å². The van der Waals surface area contributed by atoms with E-state index in [1.54, 1.807) is 24.0 Å². The Balaban J connectivity index is 2.03. The molecule has 0 saturated carbocycles. The second kappa shape index (κ2) is 4.87. The molecule has 2 N–H and O–H groups in total. The quantitative estimate of drug-likeness (QED) is 0.858. The molecule has 0 spiro atoms. The van der Waals surface area contributed by atoms with Crippen molar-refractivity contribution in [2.75, 3.05) is 0 Å². The Labute approximate surface area is 103 Å². The number of rotatable bonds is 3. The molecule has 0 radical (unpaired) electrons. The van der Waals surface area contributed by atoms with Crippen molar-refractivity contribution in [3.63, 3.8) is 0 Å². The van der Waals surface area contributed by atoms with Gasteiger partial charge in [0.25, 0.3) is 5.91 Å². The van der Waals surface area contributed by atoms with Crippen molar-refractivity contribution < 1.29 is 14.3 Å². The van der Waals surface area contributed by atoms with Gasteiger partial charge < -0.3 is 10.4 Å². The molecule has 18 heavy (non-hydrogen) atoms. The summed E-state index contributed by atoms with van der Waals surface area (Å²) in [5.74, 6) is -1.51. The van der Waals surface area contributed by atoms with Crippen LogP contribution in [0, 0.1) is 5.82 Å². The zero-order chi connectivity index (χ0) is 13.1. The lowest BCUT2D eigenvalue weighted by Crippen LogP contribution is -2.24. The van der Waals surface area contributed by atoms with E-state index in [2.05, 4.69) is 10.4 Å². The maximum atomic E-state index is 13.4. The van der Waals surface area contributed by atoms with Gasteiger partial charge in [-0.2, -0.15) is 5.10 Å². The lowest BCUT2D eigenvalue weighted by Gasteiger charge is -2.04. The third kappa shape index (κ3) is 2.65. The molecule has 2 aromatic rings. The summed E-state index contributed by atoms with van der Waals surface area (Å²) in [6, 6.07) is 5.15. The fourth-order valence-electron chi connectivity index (χ4n) is 1.51. The zero-order valence-electron chi connectivity index (χ0n) is 9.72. The molecule has 0 atom stereocenters. The Hall–Kier alpha value is -2.37. The summed E-state index contributed by atoms with van der Waals surface area (Å²) in [5, 5.41) is 15.7. The summed E-state index contributed by atoms with van der Waals surface area (Å²) in [6.45, 7) is 0.222. The van der Waals surface area contributed by atoms with Gasteiger partial charge in [-0.1, -0.05) is 0 Å². The van der Waals surface area contributed by atoms with E-state index in [4.69, 9.17) is 5.11 Å². The maximum Gasteiger partial charge on any atom is 0.254 e. The summed E-state index contributed by atoms with van der Waals surface area (Å²) in [7, 11) is 1.77. The summed E-state index contributed by atoms with van der Waals surface area (Å²) in [6.07, 6.45) is 1.75. The van der Waals surface area contributed by atoms with Crippen LogP contribution in [0.1, 0.15) is 16.1 Å². The van der Waals surface area contributed by atoms with Crippen molar-refractivity contribution >= 4 is 5.91 Å². The Bertz CT molecular complexity index is 580. The van der Waals surface area contributed by atoms with Gasteiger partial charge in [-0.25, -0.2) is 4.39 Å². The monoisotopic (exact) mass is 249 g/mol. The number of phenolic OH excluding ortho intramolecular Hbond substituents is 1. The number of phenols is 1. The number of hydrogen-bond acceptors (Lipinski definition) is 3. The molecule has 1 heterocycles. The standard InChI is InChI=1S/C12H12FN3O2/c1-16-5-4-8(15-16)7-14-12(18)10-3-2-9(17)6-11(10)13/h2-6,17H,7H2,1H3,(H,14,18). The number of halogens is 1. The van der Waals surface area contributed by atoms with Crippen LogP contribution in [0.15, 0.2) is 30.5 Å². The smallest absolute Gasteiger partial charge is 0.254 e. The van der Waals surface area contributed by atoms with E-state index in [0.29, 0.717) is 5.69 Å². The van der Waals surface area contributed by atoms with Gasteiger partial charge >= 0.3 is 0 Å². The molecular formula is C12H12FN3O2. The number of carbonyl (C=O) groups excluding carboxylic acids is 1. The number of aromatic nitrogens is 2. The van der Waals surface area contributed by atoms with E-state index < -0.39 is 11.7 Å². The minimum atomic E-state index is -0.756. The second-order valence-corrected chi connectivity index (χ2v) is 3.83. The molecule has 1 aromatic heterocycles. The molecule has 1 aromatic carbocycles. The molecule has 0 fully saturated rings. The third-order valence-corrected chi connectivity index (χ3v) is 2.40. The molecule has 0 saturated heterocycles. The van der Waals surface area contributed by atoms with Gasteiger partial charge in [-0.05, 0) is 18.2 Å². The van der Waals surface area contributed by atoms with E-state index in [0.717, 1.165) is 6.07 Å². The molecule has 0 aliphatic carbocycles. The Morgan fingerprint density at radius 2 is 2.28 bits per heavy atom. The highest BCUT2D eigenvalue weighted by Gasteiger charge is 2.12. The van der Waals surface area contributed by atoms with Gasteiger partial charge in [-0.3, -0.25) is 9.48 Å². The Morgan fingerprint density at radius 3 is 2.89 bits per heavy atom. The molecule has 0 aliphatic rings. The fourth-order valence-corrected chi connectivity index (χ4v) is 1.51. The summed E-state index contributed by atoms with van der Waals surface area (Å²) < 4.78 is 15.0. The molecule has 0 aliphatic heterocycles. The van der Waals surface area contributed by atoms with Crippen molar-refractivity contribution in [3.8, 4) is 5.75 Å². The number of hydrogen-bond donors (Lipinski definition) is 2. The van der Waals surface area contributed by atoms with Crippen LogP contribution in [0.25, 0.3) is 0 Å². The molecule has 5 nitrogen and oxygen atoms in total. The first-order valence-corrected chi connectivity index (χ1v) is 5.31. The normalized spacial score (nSPS) is 10.3. The van der Waals surface area contributed by atoms with Crippen LogP contribution in [0.2, 0.25) is 0 Å². The summed E-state index contributed by atoms with van der Waals surface area (Å²) >= 11 is 0. The predicted molar refractivity (Wildman–Crippen MR) is 62.4 cm³/mol. The summed E-state index contributed by atoms with van der Waals surface area (Å²) in [5.41, 5.74) is 0.578. The van der Waals surface area contributed by atoms with Crippen molar-refractivity contribution in [2.24, 2.45) is 7.05 Å². The van der Waals surface area contributed by atoms with Gasteiger partial charge in [0, 0.05) is 19.3 Å². The number of amides is 1. The van der Waals surface area contributed by atoms with E-state index in [1.807, 2.05) is 0 Å². The largest absolute Gasteiger partial charge is 0.508 e. The minimum Gasteiger partial charge on any atom is -0.508 e. The van der Waals surface area contributed by atoms with Crippen molar-refractivity contribution in [2.45, 2.75) is 6.54 Å². The first-order chi connectivity index (χ1) is 8.56. The molecule has 0 unspecified atom stereocenters. The number of aromatic hydroxyl groups is 1. The van der Waals surface area contributed by atoms with Gasteiger partial charge in [0.2, 0.25) is 0 Å². The minimum absolute atomic E-state index is 0.108. The van der Waals surface area contributed by atoms with E-state index in [1.165, 1.54) is 12.1 Å². The Morgan fingerprint density at radius 1 is 1.50 bits per heavy atom. The Kier molecular flexibility index (Phi) is 3.27. The maximum absolute atomic E-state index is 13.4. The molecule has 0 bridgehead atoms. The van der Waals surface area contributed by atoms with Crippen LogP contribution < -0.4 is 5.32 Å². The molecule has 94 valence electrons. The van der Waals surface area contributed by atoms with E-state index in [-0.39, 0.29) is 17.9 Å². The number of carbonyl (C=O) groups is 1. The van der Waals surface area contributed by atoms with Crippen molar-refractivity contribution in [1.29, 1.82) is 0 Å². The van der Waals surface area contributed by atoms with Crippen molar-refractivity contribution in [3.05, 3.63) is 47.5 Å². The number of aryl methyl sites for hydroxylation is 1. The third-order valence-electron chi connectivity index (χ3n) is 2.40. The van der Waals surface area contributed by atoms with Gasteiger partial charge in [0.15, 0.2) is 0 Å². The molecule has 6 heteroatoms. The topological polar surface area (TPSA) is 67.2 Å². The highest BCUT2D eigenvalue weighted by Crippen LogP contribution is 2.14. The van der Waals surface area contributed by atoms with Crippen LogP contribution in [-0.4, -0.2) is 20.8 Å². The first-order valence-electron chi connectivity index (χ1n) is 5.31. The average molecular weight is 249 g/mol. The molecular weight excluding hydrogens is 237 g/mol. The number of nitrogens with zero attached hydrogens (tertiary/aromatic N) is 2. The van der Waals surface area contributed by atoms with Gasteiger partial charge in [0.05, 0.1) is 17.8 Å². The predicted octanol–water partition coefficient (Wildman–Crippen LogP) is 1.19. The number of nitrogens with one attached hydrogen (secondary N) is 1. The second-order valence-electron chi connectivity index (χ2n) is 3.83. The van der Waals surface area contributed by atoms with Crippen LogP contribution in [-0.2, 0) is 13.6 Å².